The number of benzene rings is 1. The Morgan fingerprint density at radius 2 is 1.94 bits per heavy atom. The van der Waals surface area contributed by atoms with Crippen molar-refractivity contribution < 1.29 is 9.59 Å². The molecule has 0 bridgehead atoms. The number of aryl methyl sites for hydroxylation is 1. The van der Waals surface area contributed by atoms with Gasteiger partial charge in [0, 0.05) is 11.0 Å². The second-order valence-electron chi connectivity index (χ2n) is 5.09. The maximum Gasteiger partial charge on any atom is 0.299 e. The van der Waals surface area contributed by atoms with Crippen LogP contribution in [0.4, 0.5) is 5.69 Å². The van der Waals surface area contributed by atoms with E-state index in [0.29, 0.717) is 18.0 Å². The number of hydrogen-bond acceptors (Lipinski definition) is 2. The molecule has 1 aliphatic rings. The van der Waals surface area contributed by atoms with Gasteiger partial charge in [-0.2, -0.15) is 0 Å². The van der Waals surface area contributed by atoms with Gasteiger partial charge < -0.3 is 4.90 Å². The van der Waals surface area contributed by atoms with Gasteiger partial charge in [-0.05, 0) is 37.0 Å². The van der Waals surface area contributed by atoms with Crippen molar-refractivity contribution in [1.29, 1.82) is 0 Å². The highest BCUT2D eigenvalue weighted by atomic mass is 79.9. The number of halogens is 1. The lowest BCUT2D eigenvalue weighted by Crippen LogP contribution is -2.31. The SMILES string of the molecule is Cc1cc(Br)cc2c1N(CCC(C)C)C(=O)C2=O. The van der Waals surface area contributed by atoms with Gasteiger partial charge >= 0.3 is 0 Å². The van der Waals surface area contributed by atoms with E-state index in [-0.39, 0.29) is 0 Å². The van der Waals surface area contributed by atoms with Gasteiger partial charge in [0.25, 0.3) is 11.7 Å². The van der Waals surface area contributed by atoms with E-state index in [1.807, 2.05) is 13.0 Å². The fourth-order valence-electron chi connectivity index (χ4n) is 2.21. The number of carbonyl (C=O) groups excluding carboxylic acids is 2. The van der Waals surface area contributed by atoms with Crippen LogP contribution in [0.5, 0.6) is 0 Å². The van der Waals surface area contributed by atoms with Gasteiger partial charge in [0.1, 0.15) is 0 Å². The summed E-state index contributed by atoms with van der Waals surface area (Å²) in [4.78, 5) is 25.6. The Morgan fingerprint density at radius 3 is 2.56 bits per heavy atom. The van der Waals surface area contributed by atoms with Gasteiger partial charge in [-0.3, -0.25) is 9.59 Å². The second kappa shape index (κ2) is 4.84. The Kier molecular flexibility index (Phi) is 3.57. The maximum atomic E-state index is 12.0. The molecular formula is C14H16BrNO2. The number of rotatable bonds is 3. The molecule has 0 aliphatic carbocycles. The average Bonchev–Trinajstić information content (AvgIpc) is 2.51. The van der Waals surface area contributed by atoms with Gasteiger partial charge in [-0.1, -0.05) is 29.8 Å². The van der Waals surface area contributed by atoms with Crippen molar-refractivity contribution in [3.63, 3.8) is 0 Å². The summed E-state index contributed by atoms with van der Waals surface area (Å²) in [5, 5.41) is 0. The molecule has 18 heavy (non-hydrogen) atoms. The van der Waals surface area contributed by atoms with Crippen molar-refractivity contribution in [2.75, 3.05) is 11.4 Å². The lowest BCUT2D eigenvalue weighted by Gasteiger charge is -2.19. The van der Waals surface area contributed by atoms with E-state index in [1.165, 1.54) is 0 Å². The fraction of sp³-hybridized carbons (Fsp3) is 0.429. The number of Topliss-reactive ketones (excluding diaryl/α,β-unsaturated/α-hetero) is 1. The highest BCUT2D eigenvalue weighted by Crippen LogP contribution is 2.35. The van der Waals surface area contributed by atoms with Gasteiger partial charge in [0.2, 0.25) is 0 Å². The molecule has 0 spiro atoms. The topological polar surface area (TPSA) is 37.4 Å². The molecule has 0 aromatic heterocycles. The van der Waals surface area contributed by atoms with Crippen molar-refractivity contribution in [3.8, 4) is 0 Å². The Morgan fingerprint density at radius 1 is 1.28 bits per heavy atom. The molecule has 1 heterocycles. The summed E-state index contributed by atoms with van der Waals surface area (Å²) < 4.78 is 0.839. The van der Waals surface area contributed by atoms with Gasteiger partial charge in [0.15, 0.2) is 0 Å². The number of ketones is 1. The van der Waals surface area contributed by atoms with Gasteiger partial charge in [0.05, 0.1) is 11.3 Å². The standard InChI is InChI=1S/C14H16BrNO2/c1-8(2)4-5-16-12-9(3)6-10(15)7-11(12)13(17)14(16)18/h6-8H,4-5H2,1-3H3. The van der Waals surface area contributed by atoms with Crippen LogP contribution in [0, 0.1) is 12.8 Å². The van der Waals surface area contributed by atoms with E-state index < -0.39 is 11.7 Å². The number of amides is 1. The summed E-state index contributed by atoms with van der Waals surface area (Å²) in [6.07, 6.45) is 0.897. The molecule has 0 saturated heterocycles. The summed E-state index contributed by atoms with van der Waals surface area (Å²) in [5.74, 6) is -0.280. The molecule has 96 valence electrons. The quantitative estimate of drug-likeness (QED) is 0.803. The first-order valence-corrected chi connectivity index (χ1v) is 6.87. The molecular weight excluding hydrogens is 294 g/mol. The van der Waals surface area contributed by atoms with E-state index in [2.05, 4.69) is 29.8 Å². The first-order chi connectivity index (χ1) is 8.41. The zero-order chi connectivity index (χ0) is 13.4. The molecule has 1 amide bonds. The third kappa shape index (κ3) is 2.21. The number of fused-ring (bicyclic) bond motifs is 1. The number of carbonyl (C=O) groups is 2. The summed E-state index contributed by atoms with van der Waals surface area (Å²) in [5.41, 5.74) is 2.27. The number of anilines is 1. The van der Waals surface area contributed by atoms with Crippen LogP contribution in [-0.2, 0) is 4.79 Å². The zero-order valence-corrected chi connectivity index (χ0v) is 12.4. The summed E-state index contributed by atoms with van der Waals surface area (Å²) in [6.45, 7) is 6.75. The van der Waals surface area contributed by atoms with Gasteiger partial charge in [-0.25, -0.2) is 0 Å². The van der Waals surface area contributed by atoms with Crippen LogP contribution in [0.1, 0.15) is 36.2 Å². The largest absolute Gasteiger partial charge is 0.304 e. The molecule has 0 atom stereocenters. The Bertz CT molecular complexity index is 523. The van der Waals surface area contributed by atoms with Crippen molar-refractivity contribution in [2.45, 2.75) is 27.2 Å². The number of hydrogen-bond donors (Lipinski definition) is 0. The van der Waals surface area contributed by atoms with Crippen LogP contribution in [-0.4, -0.2) is 18.2 Å². The molecule has 1 aliphatic heterocycles. The van der Waals surface area contributed by atoms with Crippen LogP contribution >= 0.6 is 15.9 Å². The molecule has 0 N–H and O–H groups in total. The molecule has 3 nitrogen and oxygen atoms in total. The van der Waals surface area contributed by atoms with E-state index in [9.17, 15) is 9.59 Å². The predicted octanol–water partition coefficient (Wildman–Crippen LogP) is 3.33. The van der Waals surface area contributed by atoms with Crippen LogP contribution in [0.3, 0.4) is 0 Å². The van der Waals surface area contributed by atoms with Gasteiger partial charge in [-0.15, -0.1) is 0 Å². The second-order valence-corrected chi connectivity index (χ2v) is 6.00. The first kappa shape index (κ1) is 13.3. The Labute approximate surface area is 115 Å². The van der Waals surface area contributed by atoms with Crippen molar-refractivity contribution in [2.24, 2.45) is 5.92 Å². The van der Waals surface area contributed by atoms with Crippen LogP contribution in [0.15, 0.2) is 16.6 Å². The normalized spacial score (nSPS) is 14.6. The van der Waals surface area contributed by atoms with E-state index in [0.717, 1.165) is 22.1 Å². The predicted molar refractivity (Wildman–Crippen MR) is 75.0 cm³/mol. The van der Waals surface area contributed by atoms with Crippen LogP contribution in [0.25, 0.3) is 0 Å². The molecule has 0 fully saturated rings. The minimum absolute atomic E-state index is 0.391. The molecule has 0 radical (unpaired) electrons. The lowest BCUT2D eigenvalue weighted by molar-refractivity contribution is -0.114. The summed E-state index contributed by atoms with van der Waals surface area (Å²) in [7, 11) is 0. The van der Waals surface area contributed by atoms with Crippen molar-refractivity contribution in [3.05, 3.63) is 27.7 Å². The van der Waals surface area contributed by atoms with E-state index in [1.54, 1.807) is 11.0 Å². The number of nitrogens with zero attached hydrogens (tertiary/aromatic N) is 1. The van der Waals surface area contributed by atoms with E-state index >= 15 is 0 Å². The molecule has 4 heteroatoms. The minimum atomic E-state index is -0.396. The molecule has 1 aromatic carbocycles. The molecule has 0 saturated carbocycles. The summed E-state index contributed by atoms with van der Waals surface area (Å²) >= 11 is 3.36. The van der Waals surface area contributed by atoms with Crippen LogP contribution < -0.4 is 4.90 Å². The van der Waals surface area contributed by atoms with Crippen molar-refractivity contribution >= 4 is 33.3 Å². The Hall–Kier alpha value is -1.16. The Balaban J connectivity index is 2.42. The third-order valence-electron chi connectivity index (χ3n) is 3.15. The first-order valence-electron chi connectivity index (χ1n) is 6.08. The lowest BCUT2D eigenvalue weighted by atomic mass is 10.1. The fourth-order valence-corrected chi connectivity index (χ4v) is 2.78. The molecule has 1 aromatic rings. The maximum absolute atomic E-state index is 12.0. The smallest absolute Gasteiger partial charge is 0.299 e. The summed E-state index contributed by atoms with van der Waals surface area (Å²) in [6, 6.07) is 3.67. The average molecular weight is 310 g/mol. The zero-order valence-electron chi connectivity index (χ0n) is 10.8. The van der Waals surface area contributed by atoms with Crippen molar-refractivity contribution in [1.82, 2.24) is 0 Å². The molecule has 0 unspecified atom stereocenters. The monoisotopic (exact) mass is 309 g/mol. The van der Waals surface area contributed by atoms with Crippen LogP contribution in [0.2, 0.25) is 0 Å². The molecule has 2 rings (SSSR count). The minimum Gasteiger partial charge on any atom is -0.304 e. The third-order valence-corrected chi connectivity index (χ3v) is 3.61. The highest BCUT2D eigenvalue weighted by molar-refractivity contribution is 9.10. The van der Waals surface area contributed by atoms with E-state index in [4.69, 9.17) is 0 Å². The highest BCUT2D eigenvalue weighted by Gasteiger charge is 2.36.